The number of nitro groups is 1. The maximum atomic E-state index is 13.1. The molecule has 0 radical (unpaired) electrons. The molecule has 0 saturated heterocycles. The van der Waals surface area contributed by atoms with Crippen LogP contribution in [0.15, 0.2) is 6.07 Å². The second-order valence-electron chi connectivity index (χ2n) is 4.37. The van der Waals surface area contributed by atoms with Gasteiger partial charge in [-0.05, 0) is 24.6 Å². The van der Waals surface area contributed by atoms with Gasteiger partial charge in [0.1, 0.15) is 5.56 Å². The summed E-state index contributed by atoms with van der Waals surface area (Å²) in [5.41, 5.74) is -5.32. The molecule has 0 fully saturated rings. The SMILES string of the molecule is CCOC(=O)n1c(Cl)nc2c([N+](=O)[O-])c(C(F)F)c(C(F)F)cc21. The van der Waals surface area contributed by atoms with Gasteiger partial charge in [-0.1, -0.05) is 0 Å². The molecule has 0 aliphatic rings. The van der Waals surface area contributed by atoms with E-state index in [1.165, 1.54) is 6.92 Å². The maximum absolute atomic E-state index is 13.1. The summed E-state index contributed by atoms with van der Waals surface area (Å²) in [5.74, 6) is 0. The Morgan fingerprint density at radius 3 is 2.50 bits per heavy atom. The monoisotopic (exact) mass is 369 g/mol. The smallest absolute Gasteiger partial charge is 0.420 e. The molecule has 0 bridgehead atoms. The van der Waals surface area contributed by atoms with Crippen molar-refractivity contribution in [2.24, 2.45) is 0 Å². The lowest BCUT2D eigenvalue weighted by molar-refractivity contribution is -0.384. The van der Waals surface area contributed by atoms with Crippen LogP contribution in [-0.2, 0) is 4.74 Å². The standard InChI is InChI=1S/C12H8ClF4N3O4/c1-2-24-12(21)19-5-3-4(9(14)15)6(10(16)17)8(20(22)23)7(5)18-11(19)13/h3,9-10H,2H2,1H3. The van der Waals surface area contributed by atoms with Crippen LogP contribution >= 0.6 is 11.6 Å². The highest BCUT2D eigenvalue weighted by Gasteiger charge is 2.35. The summed E-state index contributed by atoms with van der Waals surface area (Å²) < 4.78 is 57.6. The normalized spacial score (nSPS) is 11.5. The van der Waals surface area contributed by atoms with E-state index in [1.807, 2.05) is 0 Å². The van der Waals surface area contributed by atoms with E-state index in [4.69, 9.17) is 11.6 Å². The summed E-state index contributed by atoms with van der Waals surface area (Å²) in [6.07, 6.45) is -8.13. The number of aromatic nitrogens is 2. The summed E-state index contributed by atoms with van der Waals surface area (Å²) in [6.45, 7) is 1.35. The van der Waals surface area contributed by atoms with Crippen LogP contribution in [0.2, 0.25) is 5.28 Å². The van der Waals surface area contributed by atoms with E-state index in [2.05, 4.69) is 9.72 Å². The molecule has 2 aromatic rings. The first kappa shape index (κ1) is 17.9. The van der Waals surface area contributed by atoms with Crippen LogP contribution < -0.4 is 0 Å². The second-order valence-corrected chi connectivity index (χ2v) is 4.71. The first-order chi connectivity index (χ1) is 11.2. The molecule has 1 heterocycles. The van der Waals surface area contributed by atoms with Gasteiger partial charge in [0.2, 0.25) is 5.28 Å². The zero-order valence-electron chi connectivity index (χ0n) is 11.8. The Bertz CT molecular complexity index is 824. The number of carbonyl (C=O) groups is 1. The summed E-state index contributed by atoms with van der Waals surface area (Å²) in [7, 11) is 0. The molecule has 0 atom stereocenters. The Hall–Kier alpha value is -2.43. The molecule has 0 saturated carbocycles. The maximum Gasteiger partial charge on any atom is 0.420 e. The van der Waals surface area contributed by atoms with Gasteiger partial charge in [-0.3, -0.25) is 10.1 Å². The predicted molar refractivity (Wildman–Crippen MR) is 73.7 cm³/mol. The molecular weight excluding hydrogens is 362 g/mol. The summed E-state index contributed by atoms with van der Waals surface area (Å²) in [5, 5.41) is 10.5. The average molecular weight is 370 g/mol. The average Bonchev–Trinajstić information content (AvgIpc) is 2.80. The zero-order valence-corrected chi connectivity index (χ0v) is 12.6. The van der Waals surface area contributed by atoms with Crippen LogP contribution in [0.25, 0.3) is 11.0 Å². The van der Waals surface area contributed by atoms with Crippen molar-refractivity contribution in [1.29, 1.82) is 0 Å². The van der Waals surface area contributed by atoms with Gasteiger partial charge >= 0.3 is 11.8 Å². The molecule has 1 aromatic carbocycles. The number of rotatable bonds is 4. The van der Waals surface area contributed by atoms with Crippen LogP contribution in [0.5, 0.6) is 0 Å². The number of alkyl halides is 4. The van der Waals surface area contributed by atoms with E-state index in [9.17, 15) is 32.5 Å². The van der Waals surface area contributed by atoms with Crippen LogP contribution in [0, 0.1) is 10.1 Å². The Morgan fingerprint density at radius 1 is 1.42 bits per heavy atom. The minimum atomic E-state index is -3.55. The molecule has 1 aromatic heterocycles. The quantitative estimate of drug-likeness (QED) is 0.450. The van der Waals surface area contributed by atoms with Crippen LogP contribution in [-0.4, -0.2) is 27.2 Å². The van der Waals surface area contributed by atoms with Gasteiger partial charge in [0.25, 0.3) is 12.9 Å². The molecule has 12 heteroatoms. The number of nitrogens with zero attached hydrogens (tertiary/aromatic N) is 3. The molecule has 130 valence electrons. The van der Waals surface area contributed by atoms with E-state index in [-0.39, 0.29) is 6.61 Å². The molecule has 0 amide bonds. The van der Waals surface area contributed by atoms with E-state index in [0.29, 0.717) is 10.6 Å². The van der Waals surface area contributed by atoms with Crippen molar-refractivity contribution >= 4 is 34.4 Å². The van der Waals surface area contributed by atoms with Gasteiger partial charge in [-0.25, -0.2) is 31.9 Å². The van der Waals surface area contributed by atoms with Gasteiger partial charge in [-0.2, -0.15) is 0 Å². The van der Waals surface area contributed by atoms with Crippen LogP contribution in [0.1, 0.15) is 30.9 Å². The van der Waals surface area contributed by atoms with Gasteiger partial charge < -0.3 is 4.74 Å². The van der Waals surface area contributed by atoms with Crippen molar-refractivity contribution in [1.82, 2.24) is 9.55 Å². The highest BCUT2D eigenvalue weighted by Crippen LogP contribution is 2.42. The third-order valence-corrected chi connectivity index (χ3v) is 3.29. The topological polar surface area (TPSA) is 87.3 Å². The fourth-order valence-corrected chi connectivity index (χ4v) is 2.40. The molecule has 0 unspecified atom stereocenters. The number of benzene rings is 1. The lowest BCUT2D eigenvalue weighted by atomic mass is 10.0. The number of fused-ring (bicyclic) bond motifs is 1. The first-order valence-electron chi connectivity index (χ1n) is 6.33. The number of imidazole rings is 1. The summed E-state index contributed by atoms with van der Waals surface area (Å²) in [4.78, 5) is 25.2. The minimum Gasteiger partial charge on any atom is -0.449 e. The second kappa shape index (κ2) is 6.59. The lowest BCUT2D eigenvalue weighted by Crippen LogP contribution is -2.14. The Labute approximate surface area is 135 Å². The van der Waals surface area contributed by atoms with Crippen molar-refractivity contribution < 1.29 is 32.0 Å². The van der Waals surface area contributed by atoms with Gasteiger partial charge in [-0.15, -0.1) is 0 Å². The Morgan fingerprint density at radius 2 is 2.04 bits per heavy atom. The van der Waals surface area contributed by atoms with Crippen molar-refractivity contribution in [2.75, 3.05) is 6.61 Å². The third-order valence-electron chi connectivity index (χ3n) is 3.04. The van der Waals surface area contributed by atoms with E-state index in [1.54, 1.807) is 0 Å². The molecule has 0 spiro atoms. The van der Waals surface area contributed by atoms with Crippen LogP contribution in [0.3, 0.4) is 0 Å². The predicted octanol–water partition coefficient (Wildman–Crippen LogP) is 4.48. The summed E-state index contributed by atoms with van der Waals surface area (Å²) in [6, 6.07) is 0.518. The van der Waals surface area contributed by atoms with E-state index < -0.39 is 57.0 Å². The molecule has 7 nitrogen and oxygen atoms in total. The fourth-order valence-electron chi connectivity index (χ4n) is 2.16. The molecule has 0 aliphatic carbocycles. The minimum absolute atomic E-state index is 0.103. The van der Waals surface area contributed by atoms with Crippen molar-refractivity contribution in [3.05, 3.63) is 32.6 Å². The molecular formula is C12H8ClF4N3O4. The molecule has 2 rings (SSSR count). The third kappa shape index (κ3) is 2.86. The van der Waals surface area contributed by atoms with Crippen LogP contribution in [0.4, 0.5) is 28.0 Å². The lowest BCUT2D eigenvalue weighted by Gasteiger charge is -2.10. The number of nitro benzene ring substituents is 1. The number of hydrogen-bond acceptors (Lipinski definition) is 5. The largest absolute Gasteiger partial charge is 0.449 e. The Kier molecular flexibility index (Phi) is 4.92. The van der Waals surface area contributed by atoms with Gasteiger partial charge in [0.15, 0.2) is 5.52 Å². The summed E-state index contributed by atoms with van der Waals surface area (Å²) >= 11 is 5.69. The number of halogens is 5. The number of carbonyl (C=O) groups excluding carboxylic acids is 1. The van der Waals surface area contributed by atoms with Crippen molar-refractivity contribution in [3.63, 3.8) is 0 Å². The van der Waals surface area contributed by atoms with Gasteiger partial charge in [0, 0.05) is 5.56 Å². The molecule has 24 heavy (non-hydrogen) atoms. The van der Waals surface area contributed by atoms with E-state index >= 15 is 0 Å². The molecule has 0 N–H and O–H groups in total. The molecule has 0 aliphatic heterocycles. The van der Waals surface area contributed by atoms with Gasteiger partial charge in [0.05, 0.1) is 17.0 Å². The fraction of sp³-hybridized carbons (Fsp3) is 0.333. The van der Waals surface area contributed by atoms with Crippen molar-refractivity contribution in [2.45, 2.75) is 19.8 Å². The highest BCUT2D eigenvalue weighted by atomic mass is 35.5. The first-order valence-corrected chi connectivity index (χ1v) is 6.71. The Balaban J connectivity index is 2.96. The highest BCUT2D eigenvalue weighted by molar-refractivity contribution is 6.30. The zero-order chi connectivity index (χ0) is 18.2. The van der Waals surface area contributed by atoms with Crippen molar-refractivity contribution in [3.8, 4) is 0 Å². The van der Waals surface area contributed by atoms with E-state index in [0.717, 1.165) is 0 Å². The number of hydrogen-bond donors (Lipinski definition) is 0. The number of ether oxygens (including phenoxy) is 1.